The molecule has 2 rings (SSSR count). The summed E-state index contributed by atoms with van der Waals surface area (Å²) in [5, 5.41) is 0. The van der Waals surface area contributed by atoms with E-state index in [9.17, 15) is 0 Å². The van der Waals surface area contributed by atoms with Crippen LogP contribution >= 0.6 is 18.5 Å². The highest BCUT2D eigenvalue weighted by molar-refractivity contribution is 7.40. The lowest BCUT2D eigenvalue weighted by Gasteiger charge is -2.24. The van der Waals surface area contributed by atoms with Crippen LogP contribution in [0.4, 0.5) is 0 Å². The first-order valence-corrected chi connectivity index (χ1v) is 9.71. The molecule has 0 aromatic carbocycles. The third kappa shape index (κ3) is 4.60. The molecule has 3 nitrogen and oxygen atoms in total. The lowest BCUT2D eigenvalue weighted by molar-refractivity contribution is 0.563. The molecule has 0 saturated heterocycles. The van der Waals surface area contributed by atoms with E-state index < -0.39 is 0 Å². The van der Waals surface area contributed by atoms with Crippen LogP contribution in [0.5, 0.6) is 0 Å². The molecule has 0 aliphatic carbocycles. The molecule has 134 valence electrons. The molecule has 0 spiro atoms. The molecule has 0 fully saturated rings. The molecule has 2 unspecified atom stereocenters. The van der Waals surface area contributed by atoms with E-state index in [0.717, 1.165) is 52.7 Å². The molecule has 25 heavy (non-hydrogen) atoms. The van der Waals surface area contributed by atoms with Crippen LogP contribution in [-0.2, 0) is 6.42 Å². The van der Waals surface area contributed by atoms with Crippen LogP contribution in [0.15, 0.2) is 46.9 Å². The second kappa shape index (κ2) is 8.30. The Hall–Kier alpha value is -1.43. The number of aromatic nitrogens is 2. The molecular weight excluding hydrogens is 346 g/mol. The van der Waals surface area contributed by atoms with Crippen LogP contribution < -0.4 is 0 Å². The largest absolute Gasteiger partial charge is 0.453 e. The van der Waals surface area contributed by atoms with Crippen LogP contribution in [0.2, 0.25) is 0 Å². The van der Waals surface area contributed by atoms with Crippen molar-refractivity contribution in [3.8, 4) is 11.6 Å². The molecule has 0 aliphatic heterocycles. The number of hydrogen-bond acceptors (Lipinski definition) is 2. The maximum Gasteiger partial charge on any atom is 0.174 e. The zero-order valence-corrected chi connectivity index (χ0v) is 17.8. The average molecular weight is 374 g/mol. The number of nitrogens with zero attached hydrogens (tertiary/aromatic N) is 1. The standard InChI is InChI=1S/C20H28N2OP2/c1-6-9-14(15(8-3)20(5,24)25)17-11-12-18(23-17)19-21-13(4)16(22-19)10-7-2/h6,8-9,11-12H,1,7,10,24-25H2,2-5H3,(H,21,22)/b14-9+,15-8+. The first kappa shape index (κ1) is 19.9. The Labute approximate surface area is 155 Å². The summed E-state index contributed by atoms with van der Waals surface area (Å²) in [4.78, 5) is 7.88. The van der Waals surface area contributed by atoms with E-state index in [2.05, 4.69) is 56.9 Å². The maximum atomic E-state index is 6.14. The number of allylic oxidation sites excluding steroid dienone is 5. The van der Waals surface area contributed by atoms with Gasteiger partial charge in [-0.2, -0.15) is 0 Å². The summed E-state index contributed by atoms with van der Waals surface area (Å²) >= 11 is 0. The van der Waals surface area contributed by atoms with Crippen LogP contribution in [0.25, 0.3) is 17.2 Å². The lowest BCUT2D eigenvalue weighted by Crippen LogP contribution is -2.10. The van der Waals surface area contributed by atoms with E-state index in [1.54, 1.807) is 6.08 Å². The van der Waals surface area contributed by atoms with Crippen LogP contribution in [-0.4, -0.2) is 14.9 Å². The first-order valence-electron chi connectivity index (χ1n) is 8.55. The van der Waals surface area contributed by atoms with Gasteiger partial charge in [0.25, 0.3) is 0 Å². The summed E-state index contributed by atoms with van der Waals surface area (Å²) < 4.78 is 6.14. The van der Waals surface area contributed by atoms with Crippen molar-refractivity contribution < 1.29 is 4.42 Å². The van der Waals surface area contributed by atoms with Crippen molar-refractivity contribution in [2.24, 2.45) is 0 Å². The second-order valence-corrected chi connectivity index (χ2v) is 9.44. The van der Waals surface area contributed by atoms with Gasteiger partial charge in [-0.1, -0.05) is 38.2 Å². The zero-order chi connectivity index (χ0) is 18.6. The highest BCUT2D eigenvalue weighted by Crippen LogP contribution is 2.42. The fourth-order valence-electron chi connectivity index (χ4n) is 2.88. The fourth-order valence-corrected chi connectivity index (χ4v) is 3.53. The summed E-state index contributed by atoms with van der Waals surface area (Å²) in [7, 11) is 5.71. The van der Waals surface area contributed by atoms with Gasteiger partial charge in [-0.05, 0) is 44.9 Å². The van der Waals surface area contributed by atoms with Gasteiger partial charge >= 0.3 is 0 Å². The molecule has 2 aromatic heterocycles. The SMILES string of the molecule is C=C/C=C(\C(=C/C)C(C)(P)P)c1ccc(-c2nc(CCC)c(C)[nH]2)o1. The van der Waals surface area contributed by atoms with Gasteiger partial charge in [-0.25, -0.2) is 4.98 Å². The number of aromatic amines is 1. The van der Waals surface area contributed by atoms with Gasteiger partial charge in [0.05, 0.1) is 5.69 Å². The Kier molecular flexibility index (Phi) is 6.60. The molecule has 1 N–H and O–H groups in total. The lowest BCUT2D eigenvalue weighted by atomic mass is 9.99. The second-order valence-electron chi connectivity index (χ2n) is 6.37. The Morgan fingerprint density at radius 3 is 2.68 bits per heavy atom. The van der Waals surface area contributed by atoms with Crippen molar-refractivity contribution in [2.75, 3.05) is 0 Å². The smallest absolute Gasteiger partial charge is 0.174 e. The Balaban J connectivity index is 2.43. The van der Waals surface area contributed by atoms with Crippen molar-refractivity contribution in [2.45, 2.75) is 45.4 Å². The normalized spacial score (nSPS) is 13.4. The van der Waals surface area contributed by atoms with Crippen LogP contribution in [0, 0.1) is 6.92 Å². The minimum atomic E-state index is -0.147. The number of rotatable bonds is 7. The molecule has 0 radical (unpaired) electrons. The third-order valence-corrected chi connectivity index (χ3v) is 4.64. The fraction of sp³-hybridized carbons (Fsp3) is 0.350. The molecule has 0 bridgehead atoms. The van der Waals surface area contributed by atoms with E-state index in [1.807, 2.05) is 25.1 Å². The van der Waals surface area contributed by atoms with Crippen molar-refractivity contribution >= 4 is 24.1 Å². The molecule has 0 amide bonds. The Morgan fingerprint density at radius 1 is 1.40 bits per heavy atom. The highest BCUT2D eigenvalue weighted by atomic mass is 31.1. The molecule has 2 atom stereocenters. The van der Waals surface area contributed by atoms with E-state index in [1.165, 1.54) is 0 Å². The Bertz CT molecular complexity index is 804. The monoisotopic (exact) mass is 374 g/mol. The first-order chi connectivity index (χ1) is 11.8. The summed E-state index contributed by atoms with van der Waals surface area (Å²) in [6.07, 6.45) is 7.93. The van der Waals surface area contributed by atoms with Crippen molar-refractivity contribution in [3.63, 3.8) is 0 Å². The number of imidazole rings is 1. The number of furan rings is 1. The van der Waals surface area contributed by atoms with E-state index in [4.69, 9.17) is 9.40 Å². The van der Waals surface area contributed by atoms with Gasteiger partial charge in [-0.3, -0.25) is 0 Å². The van der Waals surface area contributed by atoms with Gasteiger partial charge in [0.2, 0.25) is 0 Å². The van der Waals surface area contributed by atoms with Crippen molar-refractivity contribution in [1.29, 1.82) is 0 Å². The number of H-pyrrole nitrogens is 1. The van der Waals surface area contributed by atoms with Gasteiger partial charge in [0.1, 0.15) is 5.76 Å². The van der Waals surface area contributed by atoms with Crippen LogP contribution in [0.3, 0.4) is 0 Å². The maximum absolute atomic E-state index is 6.14. The summed E-state index contributed by atoms with van der Waals surface area (Å²) in [6, 6.07) is 3.96. The van der Waals surface area contributed by atoms with Crippen molar-refractivity contribution in [3.05, 3.63) is 59.7 Å². The highest BCUT2D eigenvalue weighted by Gasteiger charge is 2.23. The zero-order valence-electron chi connectivity index (χ0n) is 15.5. The van der Waals surface area contributed by atoms with Gasteiger partial charge in [0.15, 0.2) is 11.6 Å². The molecule has 2 aromatic rings. The summed E-state index contributed by atoms with van der Waals surface area (Å²) in [5.74, 6) is 2.34. The van der Waals surface area contributed by atoms with Crippen LogP contribution in [0.1, 0.15) is 44.3 Å². The molecule has 0 saturated carbocycles. The van der Waals surface area contributed by atoms with Crippen molar-refractivity contribution in [1.82, 2.24) is 9.97 Å². The van der Waals surface area contributed by atoms with Gasteiger partial charge < -0.3 is 9.40 Å². The van der Waals surface area contributed by atoms with Gasteiger partial charge in [-0.15, -0.1) is 18.5 Å². The average Bonchev–Trinajstić information content (AvgIpc) is 3.14. The van der Waals surface area contributed by atoms with E-state index in [-0.39, 0.29) is 4.90 Å². The quantitative estimate of drug-likeness (QED) is 0.483. The molecule has 2 heterocycles. The summed E-state index contributed by atoms with van der Waals surface area (Å²) in [6.45, 7) is 12.2. The minimum absolute atomic E-state index is 0.147. The van der Waals surface area contributed by atoms with Gasteiger partial charge in [0, 0.05) is 16.2 Å². The predicted octanol–water partition coefficient (Wildman–Crippen LogP) is 5.91. The molecule has 0 aliphatic rings. The Morgan fingerprint density at radius 2 is 2.12 bits per heavy atom. The minimum Gasteiger partial charge on any atom is -0.453 e. The third-order valence-electron chi connectivity index (χ3n) is 4.02. The summed E-state index contributed by atoms with van der Waals surface area (Å²) in [5.41, 5.74) is 4.39. The van der Waals surface area contributed by atoms with E-state index in [0.29, 0.717) is 0 Å². The number of hydrogen-bond donors (Lipinski definition) is 1. The topological polar surface area (TPSA) is 41.8 Å². The number of aryl methyl sites for hydroxylation is 2. The van der Waals surface area contributed by atoms with E-state index >= 15 is 0 Å². The molecular formula is C20H28N2OP2. The number of nitrogens with one attached hydrogen (secondary N) is 1. The molecule has 5 heteroatoms. The predicted molar refractivity (Wildman–Crippen MR) is 115 cm³/mol.